The molecule has 3 rings (SSSR count). The van der Waals surface area contributed by atoms with Crippen molar-refractivity contribution in [3.8, 4) is 0 Å². The molecule has 1 aromatic carbocycles. The molecular weight excluding hydrogens is 286 g/mol. The molecule has 0 spiro atoms. The summed E-state index contributed by atoms with van der Waals surface area (Å²) in [6.07, 6.45) is 3.64. The van der Waals surface area contributed by atoms with E-state index in [2.05, 4.69) is 48.6 Å². The second kappa shape index (κ2) is 5.88. The molecule has 0 aliphatic heterocycles. The summed E-state index contributed by atoms with van der Waals surface area (Å²) in [7, 11) is 0. The zero-order chi connectivity index (χ0) is 14.0. The number of hydrogen-bond donors (Lipinski definition) is 1. The van der Waals surface area contributed by atoms with Gasteiger partial charge in [-0.25, -0.2) is 0 Å². The van der Waals surface area contributed by atoms with E-state index in [9.17, 15) is 0 Å². The molecule has 0 amide bonds. The maximum absolute atomic E-state index is 6.07. The van der Waals surface area contributed by atoms with Crippen LogP contribution in [0.4, 0.5) is 0 Å². The van der Waals surface area contributed by atoms with E-state index in [0.717, 1.165) is 17.3 Å². The van der Waals surface area contributed by atoms with Crippen LogP contribution in [0.2, 0.25) is 4.34 Å². The third-order valence-corrected chi connectivity index (χ3v) is 5.54. The smallest absolute Gasteiger partial charge is 0.0931 e. The predicted octanol–water partition coefficient (Wildman–Crippen LogP) is 4.65. The van der Waals surface area contributed by atoms with E-state index in [1.165, 1.54) is 23.3 Å². The molecule has 1 N–H and O–H groups in total. The van der Waals surface area contributed by atoms with E-state index in [-0.39, 0.29) is 0 Å². The number of hydrogen-bond acceptors (Lipinski definition) is 2. The highest BCUT2D eigenvalue weighted by Crippen LogP contribution is 2.51. The lowest BCUT2D eigenvalue weighted by Crippen LogP contribution is -2.41. The number of rotatable bonds is 6. The third kappa shape index (κ3) is 2.78. The lowest BCUT2D eigenvalue weighted by atomic mass is 9.85. The highest BCUT2D eigenvalue weighted by atomic mass is 35.5. The Morgan fingerprint density at radius 3 is 2.50 bits per heavy atom. The van der Waals surface area contributed by atoms with Crippen LogP contribution in [-0.2, 0) is 11.8 Å². The van der Waals surface area contributed by atoms with E-state index < -0.39 is 0 Å². The first-order valence-electron chi connectivity index (χ1n) is 7.28. The lowest BCUT2D eigenvalue weighted by molar-refractivity contribution is 0.423. The predicted molar refractivity (Wildman–Crippen MR) is 87.9 cm³/mol. The van der Waals surface area contributed by atoms with Gasteiger partial charge in [0, 0.05) is 16.3 Å². The molecular formula is C17H20ClNS. The highest BCUT2D eigenvalue weighted by Gasteiger charge is 2.50. The summed E-state index contributed by atoms with van der Waals surface area (Å²) in [6, 6.07) is 15.6. The van der Waals surface area contributed by atoms with Gasteiger partial charge in [0.2, 0.25) is 0 Å². The molecule has 1 aliphatic rings. The summed E-state index contributed by atoms with van der Waals surface area (Å²) in [5, 5.41) is 3.71. The van der Waals surface area contributed by atoms with Crippen molar-refractivity contribution in [2.45, 2.75) is 37.6 Å². The molecule has 3 heteroatoms. The second-order valence-electron chi connectivity index (χ2n) is 5.54. The molecule has 0 radical (unpaired) electrons. The molecule has 2 aromatic rings. The van der Waals surface area contributed by atoms with Crippen LogP contribution in [0.25, 0.3) is 0 Å². The number of benzene rings is 1. The summed E-state index contributed by atoms with van der Waals surface area (Å²) in [5.74, 6) is 0. The summed E-state index contributed by atoms with van der Waals surface area (Å²) < 4.78 is 0.889. The van der Waals surface area contributed by atoms with Gasteiger partial charge >= 0.3 is 0 Å². The fourth-order valence-electron chi connectivity index (χ4n) is 3.12. The van der Waals surface area contributed by atoms with Gasteiger partial charge in [0.1, 0.15) is 0 Å². The molecule has 1 saturated carbocycles. The maximum Gasteiger partial charge on any atom is 0.0931 e. The summed E-state index contributed by atoms with van der Waals surface area (Å²) in [6.45, 7) is 3.20. The van der Waals surface area contributed by atoms with Crippen LogP contribution >= 0.6 is 22.9 Å². The Balaban J connectivity index is 1.83. The molecule has 1 aliphatic carbocycles. The van der Waals surface area contributed by atoms with Crippen LogP contribution in [0.15, 0.2) is 42.5 Å². The molecule has 1 aromatic heterocycles. The molecule has 1 atom stereocenters. The van der Waals surface area contributed by atoms with Crippen molar-refractivity contribution in [1.82, 2.24) is 5.32 Å². The number of likely N-dealkylation sites (N-methyl/N-ethyl adjacent to an activating group) is 1. The zero-order valence-corrected chi connectivity index (χ0v) is 13.3. The van der Waals surface area contributed by atoms with E-state index in [0.29, 0.717) is 11.5 Å². The quantitative estimate of drug-likeness (QED) is 0.819. The monoisotopic (exact) mass is 305 g/mol. The largest absolute Gasteiger partial charge is 0.313 e. The minimum atomic E-state index is 0.327. The Morgan fingerprint density at radius 1 is 1.20 bits per heavy atom. The molecule has 1 fully saturated rings. The average molecular weight is 306 g/mol. The normalized spacial score (nSPS) is 17.9. The molecule has 0 saturated heterocycles. The van der Waals surface area contributed by atoms with Crippen molar-refractivity contribution in [2.75, 3.05) is 6.54 Å². The summed E-state index contributed by atoms with van der Waals surface area (Å²) in [5.41, 5.74) is 1.81. The van der Waals surface area contributed by atoms with Crippen LogP contribution in [-0.4, -0.2) is 12.6 Å². The fourth-order valence-corrected chi connectivity index (χ4v) is 4.25. The molecule has 1 heterocycles. The van der Waals surface area contributed by atoms with E-state index in [1.807, 2.05) is 6.07 Å². The van der Waals surface area contributed by atoms with E-state index in [1.54, 1.807) is 11.3 Å². The van der Waals surface area contributed by atoms with Crippen LogP contribution in [0.5, 0.6) is 0 Å². The van der Waals surface area contributed by atoms with Crippen molar-refractivity contribution in [2.24, 2.45) is 0 Å². The van der Waals surface area contributed by atoms with Crippen molar-refractivity contribution < 1.29 is 0 Å². The Morgan fingerprint density at radius 2 is 1.95 bits per heavy atom. The summed E-state index contributed by atoms with van der Waals surface area (Å²) in [4.78, 5) is 1.38. The third-order valence-electron chi connectivity index (χ3n) is 4.29. The first-order chi connectivity index (χ1) is 9.74. The van der Waals surface area contributed by atoms with Crippen LogP contribution in [0.1, 0.15) is 30.2 Å². The topological polar surface area (TPSA) is 12.0 Å². The summed E-state index contributed by atoms with van der Waals surface area (Å²) >= 11 is 7.77. The second-order valence-corrected chi connectivity index (χ2v) is 7.34. The first kappa shape index (κ1) is 14.1. The van der Waals surface area contributed by atoms with Gasteiger partial charge < -0.3 is 5.32 Å². The van der Waals surface area contributed by atoms with Gasteiger partial charge in [0.15, 0.2) is 0 Å². The van der Waals surface area contributed by atoms with Crippen LogP contribution < -0.4 is 5.32 Å². The van der Waals surface area contributed by atoms with E-state index >= 15 is 0 Å². The molecule has 0 bridgehead atoms. The molecule has 1 unspecified atom stereocenters. The Kier molecular flexibility index (Phi) is 4.16. The first-order valence-corrected chi connectivity index (χ1v) is 8.47. The SMILES string of the molecule is CCNC(Cc1ccc(Cl)s1)C1(c2ccccc2)CC1. The number of nitrogens with one attached hydrogen (secondary N) is 1. The minimum Gasteiger partial charge on any atom is -0.313 e. The van der Waals surface area contributed by atoms with Gasteiger partial charge in [-0.05, 0) is 43.5 Å². The van der Waals surface area contributed by atoms with Gasteiger partial charge in [-0.2, -0.15) is 0 Å². The van der Waals surface area contributed by atoms with E-state index in [4.69, 9.17) is 11.6 Å². The Bertz CT molecular complexity index is 559. The molecule has 106 valence electrons. The van der Waals surface area contributed by atoms with Gasteiger partial charge in [-0.15, -0.1) is 11.3 Å². The van der Waals surface area contributed by atoms with Gasteiger partial charge in [-0.3, -0.25) is 0 Å². The standard InChI is InChI=1S/C17H20ClNS/c1-2-19-15(12-14-8-9-16(18)20-14)17(10-11-17)13-6-4-3-5-7-13/h3-9,15,19H,2,10-12H2,1H3. The van der Waals surface area contributed by atoms with Crippen molar-refractivity contribution >= 4 is 22.9 Å². The zero-order valence-electron chi connectivity index (χ0n) is 11.7. The number of halogens is 1. The maximum atomic E-state index is 6.07. The number of thiophene rings is 1. The Hall–Kier alpha value is -0.830. The highest BCUT2D eigenvalue weighted by molar-refractivity contribution is 7.16. The Labute approximate surface area is 130 Å². The lowest BCUT2D eigenvalue weighted by Gasteiger charge is -2.28. The van der Waals surface area contributed by atoms with Gasteiger partial charge in [-0.1, -0.05) is 48.9 Å². The van der Waals surface area contributed by atoms with Crippen molar-refractivity contribution in [3.63, 3.8) is 0 Å². The van der Waals surface area contributed by atoms with Crippen LogP contribution in [0, 0.1) is 0 Å². The average Bonchev–Trinajstić information content (AvgIpc) is 3.18. The van der Waals surface area contributed by atoms with Gasteiger partial charge in [0.05, 0.1) is 4.34 Å². The molecule has 1 nitrogen and oxygen atoms in total. The fraction of sp³-hybridized carbons (Fsp3) is 0.412. The minimum absolute atomic E-state index is 0.327. The van der Waals surface area contributed by atoms with Crippen LogP contribution in [0.3, 0.4) is 0 Å². The van der Waals surface area contributed by atoms with Crippen molar-refractivity contribution in [1.29, 1.82) is 0 Å². The molecule has 20 heavy (non-hydrogen) atoms. The van der Waals surface area contributed by atoms with Gasteiger partial charge in [0.25, 0.3) is 0 Å². The van der Waals surface area contributed by atoms with Crippen molar-refractivity contribution in [3.05, 3.63) is 57.2 Å².